The number of amides is 1. The van der Waals surface area contributed by atoms with Crippen molar-refractivity contribution < 1.29 is 13.9 Å². The first-order valence-electron chi connectivity index (χ1n) is 6.24. The van der Waals surface area contributed by atoms with Gasteiger partial charge >= 0.3 is 0 Å². The fraction of sp³-hybridized carbons (Fsp3) is 0.133. The summed E-state index contributed by atoms with van der Waals surface area (Å²) >= 11 is 5.85. The molecule has 0 saturated heterocycles. The molecule has 1 unspecified atom stereocenters. The number of anilines is 2. The Morgan fingerprint density at radius 2 is 2.10 bits per heavy atom. The number of carbonyl (C=O) groups is 1. The number of ether oxygens (including phenoxy) is 1. The van der Waals surface area contributed by atoms with E-state index in [0.29, 0.717) is 16.4 Å². The highest BCUT2D eigenvalue weighted by Gasteiger charge is 2.16. The number of hydrogen-bond donors (Lipinski definition) is 2. The predicted octanol–water partition coefficient (Wildman–Crippen LogP) is 3.47. The van der Waals surface area contributed by atoms with Gasteiger partial charge in [-0.15, -0.1) is 0 Å². The van der Waals surface area contributed by atoms with Crippen molar-refractivity contribution in [3.05, 3.63) is 53.3 Å². The van der Waals surface area contributed by atoms with Gasteiger partial charge in [0.25, 0.3) is 5.91 Å². The van der Waals surface area contributed by atoms with Crippen LogP contribution in [0.25, 0.3) is 0 Å². The number of rotatable bonds is 4. The molecule has 0 spiro atoms. The van der Waals surface area contributed by atoms with Gasteiger partial charge in [-0.05, 0) is 37.3 Å². The number of nitrogens with two attached hydrogens (primary N) is 1. The van der Waals surface area contributed by atoms with Gasteiger partial charge in [0.05, 0.1) is 11.4 Å². The number of hydrogen-bond acceptors (Lipinski definition) is 3. The molecule has 0 radical (unpaired) electrons. The maximum Gasteiger partial charge on any atom is 0.265 e. The molecule has 4 nitrogen and oxygen atoms in total. The highest BCUT2D eigenvalue weighted by Crippen LogP contribution is 2.23. The molecule has 2 rings (SSSR count). The van der Waals surface area contributed by atoms with E-state index in [1.54, 1.807) is 31.2 Å². The number of nitrogen functional groups attached to an aromatic ring is 1. The number of halogens is 2. The smallest absolute Gasteiger partial charge is 0.265 e. The van der Waals surface area contributed by atoms with E-state index in [2.05, 4.69) is 5.32 Å². The van der Waals surface area contributed by atoms with Crippen molar-refractivity contribution in [2.45, 2.75) is 13.0 Å². The molecular weight excluding hydrogens is 295 g/mol. The van der Waals surface area contributed by atoms with Gasteiger partial charge in [0.2, 0.25) is 0 Å². The van der Waals surface area contributed by atoms with Crippen molar-refractivity contribution >= 4 is 28.9 Å². The van der Waals surface area contributed by atoms with Crippen LogP contribution in [0.4, 0.5) is 15.8 Å². The van der Waals surface area contributed by atoms with Crippen molar-refractivity contribution in [1.82, 2.24) is 0 Å². The first-order chi connectivity index (χ1) is 9.95. The lowest BCUT2D eigenvalue weighted by molar-refractivity contribution is -0.122. The lowest BCUT2D eigenvalue weighted by Crippen LogP contribution is -2.30. The molecule has 0 fully saturated rings. The zero-order valence-electron chi connectivity index (χ0n) is 11.3. The molecule has 110 valence electrons. The first-order valence-corrected chi connectivity index (χ1v) is 6.61. The second-order valence-corrected chi connectivity index (χ2v) is 4.87. The minimum Gasteiger partial charge on any atom is -0.481 e. The van der Waals surface area contributed by atoms with Gasteiger partial charge in [-0.1, -0.05) is 17.7 Å². The average Bonchev–Trinajstić information content (AvgIpc) is 2.43. The highest BCUT2D eigenvalue weighted by molar-refractivity contribution is 6.31. The molecule has 1 atom stereocenters. The minimum absolute atomic E-state index is 0.275. The van der Waals surface area contributed by atoms with Gasteiger partial charge in [0, 0.05) is 11.1 Å². The van der Waals surface area contributed by atoms with Gasteiger partial charge in [0.1, 0.15) is 11.6 Å². The molecule has 6 heteroatoms. The molecule has 0 aliphatic heterocycles. The van der Waals surface area contributed by atoms with Crippen LogP contribution in [-0.4, -0.2) is 12.0 Å². The molecule has 2 aromatic rings. The summed E-state index contributed by atoms with van der Waals surface area (Å²) in [4.78, 5) is 12.0. The zero-order chi connectivity index (χ0) is 15.4. The van der Waals surface area contributed by atoms with Crippen LogP contribution in [0, 0.1) is 5.82 Å². The first kappa shape index (κ1) is 15.1. The fourth-order valence-electron chi connectivity index (χ4n) is 1.67. The van der Waals surface area contributed by atoms with E-state index in [-0.39, 0.29) is 5.75 Å². The molecule has 1 amide bonds. The van der Waals surface area contributed by atoms with Crippen molar-refractivity contribution in [3.8, 4) is 5.75 Å². The van der Waals surface area contributed by atoms with Crippen LogP contribution < -0.4 is 15.8 Å². The van der Waals surface area contributed by atoms with Crippen LogP contribution in [0.15, 0.2) is 42.5 Å². The molecule has 3 N–H and O–H groups in total. The Kier molecular flexibility index (Phi) is 4.65. The van der Waals surface area contributed by atoms with Crippen LogP contribution in [0.5, 0.6) is 5.75 Å². The Bertz CT molecular complexity index is 664. The van der Waals surface area contributed by atoms with E-state index in [1.807, 2.05) is 0 Å². The average molecular weight is 309 g/mol. The summed E-state index contributed by atoms with van der Waals surface area (Å²) in [6.45, 7) is 1.56. The lowest BCUT2D eigenvalue weighted by Gasteiger charge is -2.15. The normalized spacial score (nSPS) is 11.8. The largest absolute Gasteiger partial charge is 0.481 e. The molecule has 0 aromatic heterocycles. The topological polar surface area (TPSA) is 64.3 Å². The highest BCUT2D eigenvalue weighted by atomic mass is 35.5. The summed E-state index contributed by atoms with van der Waals surface area (Å²) in [5, 5.41) is 3.08. The zero-order valence-corrected chi connectivity index (χ0v) is 12.0. The molecule has 2 aromatic carbocycles. The van der Waals surface area contributed by atoms with E-state index in [4.69, 9.17) is 22.1 Å². The molecule has 0 heterocycles. The monoisotopic (exact) mass is 308 g/mol. The predicted molar refractivity (Wildman–Crippen MR) is 81.0 cm³/mol. The van der Waals surface area contributed by atoms with Crippen molar-refractivity contribution in [3.63, 3.8) is 0 Å². The van der Waals surface area contributed by atoms with E-state index in [0.717, 1.165) is 0 Å². The lowest BCUT2D eigenvalue weighted by atomic mass is 10.2. The Hall–Kier alpha value is -2.27. The summed E-state index contributed by atoms with van der Waals surface area (Å²) in [6.07, 6.45) is -0.815. The Labute approximate surface area is 126 Å². The third-order valence-electron chi connectivity index (χ3n) is 2.75. The minimum atomic E-state index is -0.815. The van der Waals surface area contributed by atoms with Crippen LogP contribution in [0.1, 0.15) is 6.92 Å². The van der Waals surface area contributed by atoms with Gasteiger partial charge in [-0.3, -0.25) is 4.79 Å². The van der Waals surface area contributed by atoms with Crippen LogP contribution in [0.2, 0.25) is 5.02 Å². The number of carbonyl (C=O) groups excluding carboxylic acids is 1. The second-order valence-electron chi connectivity index (χ2n) is 4.44. The molecule has 0 aliphatic rings. The van der Waals surface area contributed by atoms with Gasteiger partial charge in [-0.25, -0.2) is 4.39 Å². The van der Waals surface area contributed by atoms with Crippen LogP contribution in [0.3, 0.4) is 0 Å². The van der Waals surface area contributed by atoms with Crippen molar-refractivity contribution in [2.75, 3.05) is 11.1 Å². The molecule has 21 heavy (non-hydrogen) atoms. The summed E-state index contributed by atoms with van der Waals surface area (Å²) in [7, 11) is 0. The number of nitrogens with one attached hydrogen (secondary N) is 1. The van der Waals surface area contributed by atoms with Gasteiger partial charge in [0.15, 0.2) is 6.10 Å². The van der Waals surface area contributed by atoms with E-state index < -0.39 is 17.8 Å². The third kappa shape index (κ3) is 4.10. The molecule has 0 aliphatic carbocycles. The fourth-order valence-corrected chi connectivity index (χ4v) is 1.84. The summed E-state index contributed by atoms with van der Waals surface area (Å²) in [5.74, 6) is -0.566. The Morgan fingerprint density at radius 1 is 1.33 bits per heavy atom. The molecular formula is C15H14ClFN2O2. The van der Waals surface area contributed by atoms with Crippen LogP contribution >= 0.6 is 11.6 Å². The standard InChI is InChI=1S/C15H14ClFN2O2/c1-9(21-12-4-2-3-11(17)8-12)15(20)19-14-7-10(16)5-6-13(14)18/h2-9H,18H2,1H3,(H,19,20). The van der Waals surface area contributed by atoms with Crippen molar-refractivity contribution in [1.29, 1.82) is 0 Å². The van der Waals surface area contributed by atoms with Gasteiger partial charge < -0.3 is 15.8 Å². The molecule has 0 bridgehead atoms. The van der Waals surface area contributed by atoms with E-state index in [9.17, 15) is 9.18 Å². The second kappa shape index (κ2) is 6.45. The Morgan fingerprint density at radius 3 is 2.81 bits per heavy atom. The maximum atomic E-state index is 13.1. The number of benzene rings is 2. The van der Waals surface area contributed by atoms with E-state index >= 15 is 0 Å². The maximum absolute atomic E-state index is 13.1. The van der Waals surface area contributed by atoms with Crippen molar-refractivity contribution in [2.24, 2.45) is 0 Å². The summed E-state index contributed by atoms with van der Waals surface area (Å²) in [5.41, 5.74) is 6.55. The Balaban J connectivity index is 2.04. The van der Waals surface area contributed by atoms with Gasteiger partial charge in [-0.2, -0.15) is 0 Å². The molecule has 0 saturated carbocycles. The SMILES string of the molecule is CC(Oc1cccc(F)c1)C(=O)Nc1cc(Cl)ccc1N. The quantitative estimate of drug-likeness (QED) is 0.850. The summed E-state index contributed by atoms with van der Waals surface area (Å²) in [6, 6.07) is 10.3. The summed E-state index contributed by atoms with van der Waals surface area (Å²) < 4.78 is 18.4. The van der Waals surface area contributed by atoms with Crippen LogP contribution in [-0.2, 0) is 4.79 Å². The van der Waals surface area contributed by atoms with E-state index in [1.165, 1.54) is 18.2 Å². The third-order valence-corrected chi connectivity index (χ3v) is 2.99.